The van der Waals surface area contributed by atoms with Gasteiger partial charge in [0.15, 0.2) is 0 Å². The first-order chi connectivity index (χ1) is 28.0. The summed E-state index contributed by atoms with van der Waals surface area (Å²) >= 11 is 0. The highest BCUT2D eigenvalue weighted by atomic mass is 16.6. The zero-order valence-electron chi connectivity index (χ0n) is 32.6. The van der Waals surface area contributed by atoms with Crippen molar-refractivity contribution in [1.29, 1.82) is 0 Å². The summed E-state index contributed by atoms with van der Waals surface area (Å²) in [6, 6.07) is 15.7. The van der Waals surface area contributed by atoms with Gasteiger partial charge in [-0.05, 0) is 73.5 Å². The number of carbonyl (C=O) groups excluding carboxylic acids is 4. The number of nitrogens with zero attached hydrogens (tertiary/aromatic N) is 2. The molecule has 1 aliphatic carbocycles. The number of hydrogen-bond acceptors (Lipinski definition) is 12. The van der Waals surface area contributed by atoms with Gasteiger partial charge in [0.05, 0.1) is 45.3 Å². The van der Waals surface area contributed by atoms with E-state index in [0.29, 0.717) is 24.7 Å². The van der Waals surface area contributed by atoms with Crippen LogP contribution in [0.3, 0.4) is 0 Å². The van der Waals surface area contributed by atoms with E-state index in [1.807, 2.05) is 0 Å². The van der Waals surface area contributed by atoms with Crippen molar-refractivity contribution in [2.24, 2.45) is 0 Å². The smallest absolute Gasteiger partial charge is 0.343 e. The molecule has 0 bridgehead atoms. The topological polar surface area (TPSA) is 191 Å². The van der Waals surface area contributed by atoms with Gasteiger partial charge < -0.3 is 18.9 Å². The van der Waals surface area contributed by atoms with E-state index in [1.165, 1.54) is 49.9 Å². The number of ether oxygens (including phenoxy) is 4. The average Bonchev–Trinajstić information content (AvgIpc) is 3.22. The van der Waals surface area contributed by atoms with E-state index in [9.17, 15) is 39.4 Å². The Morgan fingerprint density at radius 1 is 0.483 bits per heavy atom. The highest BCUT2D eigenvalue weighted by Crippen LogP contribution is 2.44. The second kappa shape index (κ2) is 20.6. The Morgan fingerprint density at radius 2 is 0.828 bits per heavy atom. The first-order valence-corrected chi connectivity index (χ1v) is 19.7. The Hall–Kier alpha value is -6.44. The number of benzene rings is 4. The zero-order chi connectivity index (χ0) is 41.6. The quantitative estimate of drug-likeness (QED) is 0.0212. The number of nitro groups is 2. The van der Waals surface area contributed by atoms with Gasteiger partial charge in [-0.2, -0.15) is 0 Å². The van der Waals surface area contributed by atoms with Crippen molar-refractivity contribution in [3.05, 3.63) is 126 Å². The third-order valence-corrected chi connectivity index (χ3v) is 9.71. The van der Waals surface area contributed by atoms with Crippen LogP contribution in [0.4, 0.5) is 11.4 Å². The fraction of sp³-hybridized carbons (Fsp3) is 0.364. The third kappa shape index (κ3) is 10.5. The molecular formula is C44H46N2O12. The SMILES string of the molecule is CCCCCCCCOc1ccc(C(=O)Oc2ccc([N+](=O)[O-])c3c2C(=O)c2c(OC(=O)c4ccc(OCCCCCCCC)cc4)ccc([N+](=O)[O-])c2C3=O)cc1. The van der Waals surface area contributed by atoms with Gasteiger partial charge in [0.25, 0.3) is 11.4 Å². The number of hydrogen-bond donors (Lipinski definition) is 0. The van der Waals surface area contributed by atoms with Crippen LogP contribution < -0.4 is 18.9 Å². The molecule has 0 spiro atoms. The summed E-state index contributed by atoms with van der Waals surface area (Å²) in [6.45, 7) is 5.31. The minimum atomic E-state index is -1.27. The predicted molar refractivity (Wildman–Crippen MR) is 214 cm³/mol. The molecular weight excluding hydrogens is 748 g/mol. The lowest BCUT2D eigenvalue weighted by Crippen LogP contribution is -2.26. The van der Waals surface area contributed by atoms with Crippen LogP contribution in [0.5, 0.6) is 23.0 Å². The van der Waals surface area contributed by atoms with E-state index in [4.69, 9.17) is 18.9 Å². The van der Waals surface area contributed by atoms with Gasteiger partial charge in [0.1, 0.15) is 34.1 Å². The van der Waals surface area contributed by atoms with E-state index in [1.54, 1.807) is 24.3 Å². The molecule has 5 rings (SSSR count). The average molecular weight is 795 g/mol. The van der Waals surface area contributed by atoms with Gasteiger partial charge in [0, 0.05) is 12.1 Å². The van der Waals surface area contributed by atoms with Gasteiger partial charge in [-0.3, -0.25) is 29.8 Å². The maximum atomic E-state index is 14.4. The van der Waals surface area contributed by atoms with Crippen LogP contribution in [0.15, 0.2) is 72.8 Å². The largest absolute Gasteiger partial charge is 0.494 e. The summed E-state index contributed by atoms with van der Waals surface area (Å²) in [5.41, 5.74) is -4.62. The van der Waals surface area contributed by atoms with Crippen molar-refractivity contribution >= 4 is 34.9 Å². The third-order valence-electron chi connectivity index (χ3n) is 9.71. The maximum absolute atomic E-state index is 14.4. The molecule has 304 valence electrons. The lowest BCUT2D eigenvalue weighted by Gasteiger charge is -2.21. The number of nitro benzene ring substituents is 2. The zero-order valence-corrected chi connectivity index (χ0v) is 32.6. The van der Waals surface area contributed by atoms with Crippen LogP contribution in [-0.2, 0) is 0 Å². The normalized spacial score (nSPS) is 11.7. The predicted octanol–water partition coefficient (Wildman–Crippen LogP) is 10.2. The Balaban J connectivity index is 1.37. The molecule has 14 nitrogen and oxygen atoms in total. The maximum Gasteiger partial charge on any atom is 0.343 e. The molecule has 0 radical (unpaired) electrons. The summed E-state index contributed by atoms with van der Waals surface area (Å²) in [5, 5.41) is 24.2. The van der Waals surface area contributed by atoms with Crippen LogP contribution >= 0.6 is 0 Å². The number of esters is 2. The minimum Gasteiger partial charge on any atom is -0.494 e. The lowest BCUT2D eigenvalue weighted by atomic mass is 9.81. The fourth-order valence-corrected chi connectivity index (χ4v) is 6.62. The van der Waals surface area contributed by atoms with E-state index in [-0.39, 0.29) is 11.1 Å². The van der Waals surface area contributed by atoms with E-state index < -0.39 is 78.5 Å². The summed E-state index contributed by atoms with van der Waals surface area (Å²) in [4.78, 5) is 77.5. The minimum absolute atomic E-state index is 0.0399. The molecule has 0 saturated carbocycles. The monoisotopic (exact) mass is 794 g/mol. The molecule has 4 aromatic rings. The highest BCUT2D eigenvalue weighted by Gasteiger charge is 2.44. The van der Waals surface area contributed by atoms with E-state index in [0.717, 1.165) is 75.6 Å². The molecule has 0 fully saturated rings. The molecule has 14 heteroatoms. The van der Waals surface area contributed by atoms with Gasteiger partial charge in [-0.15, -0.1) is 0 Å². The highest BCUT2D eigenvalue weighted by molar-refractivity contribution is 6.33. The molecule has 0 amide bonds. The second-order valence-electron chi connectivity index (χ2n) is 13.9. The molecule has 0 atom stereocenters. The summed E-state index contributed by atoms with van der Waals surface area (Å²) in [5.74, 6) is -4.35. The van der Waals surface area contributed by atoms with Crippen LogP contribution in [0.25, 0.3) is 0 Å². The Labute approximate surface area is 335 Å². The van der Waals surface area contributed by atoms with Crippen molar-refractivity contribution in [3.63, 3.8) is 0 Å². The van der Waals surface area contributed by atoms with E-state index >= 15 is 0 Å². The molecule has 0 N–H and O–H groups in total. The van der Waals surface area contributed by atoms with E-state index in [2.05, 4.69) is 13.8 Å². The first kappa shape index (κ1) is 42.7. The van der Waals surface area contributed by atoms with Crippen molar-refractivity contribution in [1.82, 2.24) is 0 Å². The number of carbonyl (C=O) groups is 4. The Morgan fingerprint density at radius 3 is 1.19 bits per heavy atom. The van der Waals surface area contributed by atoms with Crippen LogP contribution in [0.2, 0.25) is 0 Å². The molecule has 58 heavy (non-hydrogen) atoms. The molecule has 0 saturated heterocycles. The van der Waals surface area contributed by atoms with Gasteiger partial charge in [0.2, 0.25) is 11.6 Å². The number of ketones is 2. The second-order valence-corrected chi connectivity index (χ2v) is 13.9. The van der Waals surface area contributed by atoms with Crippen molar-refractivity contribution in [2.45, 2.75) is 90.9 Å². The summed E-state index contributed by atoms with van der Waals surface area (Å²) < 4.78 is 22.7. The summed E-state index contributed by atoms with van der Waals surface area (Å²) in [7, 11) is 0. The fourth-order valence-electron chi connectivity index (χ4n) is 6.62. The molecule has 0 aliphatic heterocycles. The van der Waals surface area contributed by atoms with Gasteiger partial charge >= 0.3 is 11.9 Å². The van der Waals surface area contributed by atoms with Crippen LogP contribution in [-0.4, -0.2) is 46.6 Å². The number of rotatable bonds is 22. The standard InChI is InChI=1S/C44H46N2O12/c1-3-5-7-9-11-13-27-55-31-19-15-29(16-20-31)43(49)57-35-25-23-33(45(51)52)37-39(35)42(48)40-36(26-24-34(46(53)54)38(40)41(37)47)58-44(50)30-17-21-32(22-18-30)56-28-14-12-10-8-6-4-2/h15-26H,3-14,27-28H2,1-2H3. The molecule has 0 heterocycles. The van der Waals surface area contributed by atoms with Crippen molar-refractivity contribution < 1.29 is 48.0 Å². The van der Waals surface area contributed by atoms with Crippen molar-refractivity contribution in [2.75, 3.05) is 13.2 Å². The first-order valence-electron chi connectivity index (χ1n) is 19.7. The Bertz CT molecular complexity index is 2000. The number of fused-ring (bicyclic) bond motifs is 2. The molecule has 0 aromatic heterocycles. The van der Waals surface area contributed by atoms with Crippen LogP contribution in [0.1, 0.15) is 143 Å². The van der Waals surface area contributed by atoms with Gasteiger partial charge in [-0.25, -0.2) is 9.59 Å². The number of unbranched alkanes of at least 4 members (excludes halogenated alkanes) is 10. The Kier molecular flexibility index (Phi) is 15.2. The lowest BCUT2D eigenvalue weighted by molar-refractivity contribution is -0.385. The molecule has 4 aromatic carbocycles. The van der Waals surface area contributed by atoms with Crippen LogP contribution in [0, 0.1) is 20.2 Å². The summed E-state index contributed by atoms with van der Waals surface area (Å²) in [6.07, 6.45) is 13.2. The van der Waals surface area contributed by atoms with Crippen molar-refractivity contribution in [3.8, 4) is 23.0 Å². The molecule has 0 unspecified atom stereocenters. The van der Waals surface area contributed by atoms with Gasteiger partial charge in [-0.1, -0.05) is 78.1 Å². The molecule has 1 aliphatic rings.